The lowest BCUT2D eigenvalue weighted by Gasteiger charge is -2.40. The number of ether oxygens (including phenoxy) is 1. The molecular formula is C18H22N2O. The molecule has 1 aliphatic heterocycles. The summed E-state index contributed by atoms with van der Waals surface area (Å²) in [6.45, 7) is 4.24. The van der Waals surface area contributed by atoms with Gasteiger partial charge in [-0.25, -0.2) is 0 Å². The summed E-state index contributed by atoms with van der Waals surface area (Å²) in [7, 11) is 1.70. The van der Waals surface area contributed by atoms with Gasteiger partial charge in [-0.05, 0) is 36.8 Å². The molecule has 0 aliphatic carbocycles. The largest absolute Gasteiger partial charge is 0.497 e. The Hall–Kier alpha value is -2.00. The van der Waals surface area contributed by atoms with Crippen molar-refractivity contribution in [3.63, 3.8) is 0 Å². The van der Waals surface area contributed by atoms with Gasteiger partial charge in [-0.2, -0.15) is 0 Å². The highest BCUT2D eigenvalue weighted by molar-refractivity contribution is 5.51. The van der Waals surface area contributed by atoms with Crippen LogP contribution in [0.5, 0.6) is 5.75 Å². The van der Waals surface area contributed by atoms with Gasteiger partial charge >= 0.3 is 0 Å². The normalized spacial score (nSPS) is 22.1. The summed E-state index contributed by atoms with van der Waals surface area (Å²) < 4.78 is 5.24. The SMILES string of the molecule is COc1ccc(N2CC(c3ccccc3)NCC2C)cc1. The number of piperazine rings is 1. The smallest absolute Gasteiger partial charge is 0.119 e. The Balaban J connectivity index is 1.80. The third kappa shape index (κ3) is 3.03. The number of hydrogen-bond acceptors (Lipinski definition) is 3. The van der Waals surface area contributed by atoms with Crippen molar-refractivity contribution < 1.29 is 4.74 Å². The fourth-order valence-electron chi connectivity index (χ4n) is 2.91. The van der Waals surface area contributed by atoms with E-state index in [2.05, 4.69) is 59.6 Å². The first-order valence-electron chi connectivity index (χ1n) is 7.47. The molecule has 0 spiro atoms. The van der Waals surface area contributed by atoms with Crippen LogP contribution in [0.4, 0.5) is 5.69 Å². The first kappa shape index (κ1) is 14.0. The van der Waals surface area contributed by atoms with Crippen LogP contribution in [-0.4, -0.2) is 26.2 Å². The zero-order valence-corrected chi connectivity index (χ0v) is 12.6. The second kappa shape index (κ2) is 6.19. The maximum atomic E-state index is 5.24. The summed E-state index contributed by atoms with van der Waals surface area (Å²) in [4.78, 5) is 2.47. The lowest BCUT2D eigenvalue weighted by Crippen LogP contribution is -2.51. The van der Waals surface area contributed by atoms with Crippen LogP contribution in [0, 0.1) is 0 Å². The minimum Gasteiger partial charge on any atom is -0.497 e. The van der Waals surface area contributed by atoms with Crippen LogP contribution in [0.3, 0.4) is 0 Å². The maximum Gasteiger partial charge on any atom is 0.119 e. The highest BCUT2D eigenvalue weighted by Crippen LogP contribution is 2.26. The van der Waals surface area contributed by atoms with E-state index in [0.717, 1.165) is 18.8 Å². The van der Waals surface area contributed by atoms with Gasteiger partial charge in [-0.15, -0.1) is 0 Å². The van der Waals surface area contributed by atoms with Crippen LogP contribution >= 0.6 is 0 Å². The van der Waals surface area contributed by atoms with Crippen LogP contribution in [0.2, 0.25) is 0 Å². The van der Waals surface area contributed by atoms with Crippen molar-refractivity contribution in [3.8, 4) is 5.75 Å². The molecule has 1 heterocycles. The molecule has 2 unspecified atom stereocenters. The molecule has 1 aliphatic rings. The summed E-state index contributed by atoms with van der Waals surface area (Å²) in [6.07, 6.45) is 0. The molecule has 1 fully saturated rings. The van der Waals surface area contributed by atoms with Crippen molar-refractivity contribution in [2.75, 3.05) is 25.1 Å². The van der Waals surface area contributed by atoms with E-state index in [-0.39, 0.29) is 0 Å². The fourth-order valence-corrected chi connectivity index (χ4v) is 2.91. The van der Waals surface area contributed by atoms with E-state index >= 15 is 0 Å². The lowest BCUT2D eigenvalue weighted by atomic mass is 10.0. The molecule has 3 nitrogen and oxygen atoms in total. The van der Waals surface area contributed by atoms with Crippen molar-refractivity contribution in [3.05, 3.63) is 60.2 Å². The molecular weight excluding hydrogens is 260 g/mol. The van der Waals surface area contributed by atoms with Crippen molar-refractivity contribution in [1.82, 2.24) is 5.32 Å². The second-order valence-corrected chi connectivity index (χ2v) is 5.57. The van der Waals surface area contributed by atoms with E-state index in [1.165, 1.54) is 11.3 Å². The van der Waals surface area contributed by atoms with E-state index in [9.17, 15) is 0 Å². The van der Waals surface area contributed by atoms with Crippen molar-refractivity contribution in [1.29, 1.82) is 0 Å². The predicted molar refractivity (Wildman–Crippen MR) is 87.0 cm³/mol. The minimum absolute atomic E-state index is 0.379. The van der Waals surface area contributed by atoms with Crippen LogP contribution < -0.4 is 15.0 Å². The molecule has 3 rings (SSSR count). The van der Waals surface area contributed by atoms with E-state index < -0.39 is 0 Å². The molecule has 21 heavy (non-hydrogen) atoms. The number of methoxy groups -OCH3 is 1. The molecule has 2 aromatic rings. The van der Waals surface area contributed by atoms with Gasteiger partial charge in [0.15, 0.2) is 0 Å². The standard InChI is InChI=1S/C18H22N2O/c1-14-12-19-18(15-6-4-3-5-7-15)13-20(14)16-8-10-17(21-2)11-9-16/h3-11,14,18-19H,12-13H2,1-2H3. The molecule has 2 aromatic carbocycles. The van der Waals surface area contributed by atoms with Gasteiger partial charge in [0.25, 0.3) is 0 Å². The molecule has 2 atom stereocenters. The van der Waals surface area contributed by atoms with E-state index in [1.54, 1.807) is 7.11 Å². The van der Waals surface area contributed by atoms with Crippen molar-refractivity contribution >= 4 is 5.69 Å². The Morgan fingerprint density at radius 2 is 1.76 bits per heavy atom. The summed E-state index contributed by atoms with van der Waals surface area (Å²) >= 11 is 0. The topological polar surface area (TPSA) is 24.5 Å². The Bertz CT molecular complexity index is 568. The zero-order chi connectivity index (χ0) is 14.7. The molecule has 0 radical (unpaired) electrons. The summed E-state index contributed by atoms with van der Waals surface area (Å²) in [5.41, 5.74) is 2.61. The molecule has 3 heteroatoms. The van der Waals surface area contributed by atoms with E-state index in [4.69, 9.17) is 4.74 Å². The fraction of sp³-hybridized carbons (Fsp3) is 0.333. The van der Waals surface area contributed by atoms with Crippen LogP contribution in [0.15, 0.2) is 54.6 Å². The van der Waals surface area contributed by atoms with Gasteiger partial charge < -0.3 is 15.0 Å². The Labute approximate surface area is 126 Å². The second-order valence-electron chi connectivity index (χ2n) is 5.57. The Morgan fingerprint density at radius 1 is 1.05 bits per heavy atom. The van der Waals surface area contributed by atoms with E-state index in [0.29, 0.717) is 12.1 Å². The predicted octanol–water partition coefficient (Wildman–Crippen LogP) is 3.23. The van der Waals surface area contributed by atoms with Crippen LogP contribution in [-0.2, 0) is 0 Å². The number of anilines is 1. The highest BCUT2D eigenvalue weighted by Gasteiger charge is 2.25. The number of benzene rings is 2. The minimum atomic E-state index is 0.379. The summed E-state index contributed by atoms with van der Waals surface area (Å²) in [6, 6.07) is 19.9. The molecule has 1 N–H and O–H groups in total. The van der Waals surface area contributed by atoms with Crippen LogP contribution in [0.1, 0.15) is 18.5 Å². The first-order valence-corrected chi connectivity index (χ1v) is 7.47. The average molecular weight is 282 g/mol. The molecule has 0 saturated carbocycles. The molecule has 0 amide bonds. The molecule has 1 saturated heterocycles. The number of rotatable bonds is 3. The molecule has 110 valence electrons. The number of hydrogen-bond donors (Lipinski definition) is 1. The third-order valence-electron chi connectivity index (χ3n) is 4.18. The number of nitrogens with one attached hydrogen (secondary N) is 1. The van der Waals surface area contributed by atoms with Crippen molar-refractivity contribution in [2.45, 2.75) is 19.0 Å². The Morgan fingerprint density at radius 3 is 2.43 bits per heavy atom. The molecule has 0 aromatic heterocycles. The monoisotopic (exact) mass is 282 g/mol. The molecule has 0 bridgehead atoms. The van der Waals surface area contributed by atoms with Gasteiger partial charge in [-0.1, -0.05) is 30.3 Å². The van der Waals surface area contributed by atoms with Crippen LogP contribution in [0.25, 0.3) is 0 Å². The Kier molecular flexibility index (Phi) is 4.11. The maximum absolute atomic E-state index is 5.24. The van der Waals surface area contributed by atoms with Gasteiger partial charge in [0, 0.05) is 30.9 Å². The summed E-state index contributed by atoms with van der Waals surface area (Å²) in [5, 5.41) is 3.64. The zero-order valence-electron chi connectivity index (χ0n) is 12.6. The average Bonchev–Trinajstić information content (AvgIpc) is 2.56. The number of nitrogens with zero attached hydrogens (tertiary/aromatic N) is 1. The van der Waals surface area contributed by atoms with Gasteiger partial charge in [0.2, 0.25) is 0 Å². The van der Waals surface area contributed by atoms with Crippen molar-refractivity contribution in [2.24, 2.45) is 0 Å². The van der Waals surface area contributed by atoms with Gasteiger partial charge in [0.05, 0.1) is 7.11 Å². The third-order valence-corrected chi connectivity index (χ3v) is 4.18. The summed E-state index contributed by atoms with van der Waals surface area (Å²) in [5.74, 6) is 0.904. The van der Waals surface area contributed by atoms with E-state index in [1.807, 2.05) is 12.1 Å². The van der Waals surface area contributed by atoms with Gasteiger partial charge in [0.1, 0.15) is 5.75 Å². The van der Waals surface area contributed by atoms with Gasteiger partial charge in [-0.3, -0.25) is 0 Å². The quantitative estimate of drug-likeness (QED) is 0.935. The highest BCUT2D eigenvalue weighted by atomic mass is 16.5. The first-order chi connectivity index (χ1) is 10.3. The lowest BCUT2D eigenvalue weighted by molar-refractivity contribution is 0.410.